The summed E-state index contributed by atoms with van der Waals surface area (Å²) in [7, 11) is 0. The molecule has 2 atom stereocenters. The molecule has 0 unspecified atom stereocenters. The maximum absolute atomic E-state index is 6.03. The highest BCUT2D eigenvalue weighted by molar-refractivity contribution is 4.76. The lowest BCUT2D eigenvalue weighted by Crippen LogP contribution is -2.41. The van der Waals surface area contributed by atoms with Crippen molar-refractivity contribution in [3.63, 3.8) is 0 Å². The fourth-order valence-corrected chi connectivity index (χ4v) is 2.25. The molecule has 1 aliphatic carbocycles. The SMILES string of the molecule is N[C@@H]1CCCCCCCCCC[C@H]1N. The molecule has 0 heterocycles. The van der Waals surface area contributed by atoms with E-state index in [4.69, 9.17) is 11.5 Å². The summed E-state index contributed by atoms with van der Waals surface area (Å²) in [5, 5.41) is 0. The van der Waals surface area contributed by atoms with Crippen LogP contribution in [0.15, 0.2) is 0 Å². The molecule has 84 valence electrons. The molecule has 0 aromatic rings. The van der Waals surface area contributed by atoms with Gasteiger partial charge in [0, 0.05) is 12.1 Å². The first-order valence-electron chi connectivity index (χ1n) is 6.32. The van der Waals surface area contributed by atoms with E-state index in [9.17, 15) is 0 Å². The molecule has 1 saturated carbocycles. The van der Waals surface area contributed by atoms with E-state index in [1.54, 1.807) is 0 Å². The molecule has 0 aromatic heterocycles. The number of hydrogen-bond donors (Lipinski definition) is 2. The van der Waals surface area contributed by atoms with E-state index in [0.717, 1.165) is 12.8 Å². The molecule has 0 spiro atoms. The predicted molar refractivity (Wildman–Crippen MR) is 62.1 cm³/mol. The van der Waals surface area contributed by atoms with Gasteiger partial charge in [-0.05, 0) is 12.8 Å². The monoisotopic (exact) mass is 198 g/mol. The van der Waals surface area contributed by atoms with Crippen molar-refractivity contribution in [2.45, 2.75) is 76.3 Å². The zero-order chi connectivity index (χ0) is 10.2. The van der Waals surface area contributed by atoms with Crippen LogP contribution >= 0.6 is 0 Å². The lowest BCUT2D eigenvalue weighted by atomic mass is 9.95. The summed E-state index contributed by atoms with van der Waals surface area (Å²) in [5.74, 6) is 0. The van der Waals surface area contributed by atoms with Crippen molar-refractivity contribution < 1.29 is 0 Å². The largest absolute Gasteiger partial charge is 0.326 e. The number of hydrogen-bond acceptors (Lipinski definition) is 2. The van der Waals surface area contributed by atoms with E-state index in [1.165, 1.54) is 51.4 Å². The van der Waals surface area contributed by atoms with Crippen LogP contribution in [0.25, 0.3) is 0 Å². The Morgan fingerprint density at radius 1 is 0.500 bits per heavy atom. The number of nitrogens with two attached hydrogens (primary N) is 2. The van der Waals surface area contributed by atoms with Crippen LogP contribution in [0.2, 0.25) is 0 Å². The van der Waals surface area contributed by atoms with Gasteiger partial charge in [-0.3, -0.25) is 0 Å². The highest BCUT2D eigenvalue weighted by Crippen LogP contribution is 2.15. The first-order chi connectivity index (χ1) is 6.80. The Hall–Kier alpha value is -0.0800. The van der Waals surface area contributed by atoms with E-state index in [-0.39, 0.29) is 12.1 Å². The minimum atomic E-state index is 0.245. The van der Waals surface area contributed by atoms with E-state index in [2.05, 4.69) is 0 Å². The van der Waals surface area contributed by atoms with Gasteiger partial charge in [-0.25, -0.2) is 0 Å². The van der Waals surface area contributed by atoms with E-state index in [0.29, 0.717) is 0 Å². The smallest absolute Gasteiger partial charge is 0.0192 e. The molecular weight excluding hydrogens is 172 g/mol. The van der Waals surface area contributed by atoms with Gasteiger partial charge in [-0.15, -0.1) is 0 Å². The molecule has 1 fully saturated rings. The van der Waals surface area contributed by atoms with Crippen LogP contribution in [0.5, 0.6) is 0 Å². The van der Waals surface area contributed by atoms with Crippen molar-refractivity contribution in [1.82, 2.24) is 0 Å². The van der Waals surface area contributed by atoms with Gasteiger partial charge < -0.3 is 11.5 Å². The molecule has 0 aromatic carbocycles. The Morgan fingerprint density at radius 2 is 0.786 bits per heavy atom. The molecule has 2 nitrogen and oxygen atoms in total. The molecule has 14 heavy (non-hydrogen) atoms. The number of rotatable bonds is 0. The van der Waals surface area contributed by atoms with Gasteiger partial charge in [0.25, 0.3) is 0 Å². The van der Waals surface area contributed by atoms with Gasteiger partial charge in [-0.1, -0.05) is 51.4 Å². The van der Waals surface area contributed by atoms with Gasteiger partial charge in [-0.2, -0.15) is 0 Å². The molecule has 1 rings (SSSR count). The predicted octanol–water partition coefficient (Wildman–Crippen LogP) is 2.56. The molecule has 0 amide bonds. The molecule has 4 N–H and O–H groups in total. The van der Waals surface area contributed by atoms with Gasteiger partial charge in [0.1, 0.15) is 0 Å². The fraction of sp³-hybridized carbons (Fsp3) is 1.00. The molecule has 0 radical (unpaired) electrons. The lowest BCUT2D eigenvalue weighted by molar-refractivity contribution is 0.419. The summed E-state index contributed by atoms with van der Waals surface area (Å²) in [6.07, 6.45) is 13.1. The van der Waals surface area contributed by atoms with Crippen molar-refractivity contribution in [3.05, 3.63) is 0 Å². The minimum absolute atomic E-state index is 0.245. The lowest BCUT2D eigenvalue weighted by Gasteiger charge is -2.20. The first-order valence-corrected chi connectivity index (χ1v) is 6.32. The molecule has 0 aliphatic heterocycles. The second kappa shape index (κ2) is 7.24. The van der Waals surface area contributed by atoms with Crippen molar-refractivity contribution >= 4 is 0 Å². The molecule has 1 aliphatic rings. The van der Waals surface area contributed by atoms with Gasteiger partial charge in [0.05, 0.1) is 0 Å². The van der Waals surface area contributed by atoms with Crippen molar-refractivity contribution in [3.8, 4) is 0 Å². The second-order valence-electron chi connectivity index (χ2n) is 4.73. The summed E-state index contributed by atoms with van der Waals surface area (Å²) in [5.41, 5.74) is 12.1. The Balaban J connectivity index is 2.23. The average molecular weight is 198 g/mol. The topological polar surface area (TPSA) is 52.0 Å². The average Bonchev–Trinajstić information content (AvgIpc) is 2.18. The third-order valence-corrected chi connectivity index (χ3v) is 3.37. The Morgan fingerprint density at radius 3 is 1.14 bits per heavy atom. The minimum Gasteiger partial charge on any atom is -0.326 e. The van der Waals surface area contributed by atoms with E-state index < -0.39 is 0 Å². The molecule has 2 heteroatoms. The van der Waals surface area contributed by atoms with E-state index >= 15 is 0 Å². The van der Waals surface area contributed by atoms with Crippen LogP contribution in [-0.4, -0.2) is 12.1 Å². The maximum atomic E-state index is 6.03. The normalized spacial score (nSPS) is 33.0. The Labute approximate surface area is 88.4 Å². The third kappa shape index (κ3) is 4.97. The van der Waals surface area contributed by atoms with Crippen LogP contribution < -0.4 is 11.5 Å². The highest BCUT2D eigenvalue weighted by atomic mass is 14.8. The highest BCUT2D eigenvalue weighted by Gasteiger charge is 2.12. The van der Waals surface area contributed by atoms with Gasteiger partial charge in [0.2, 0.25) is 0 Å². The molecular formula is C12H26N2. The molecule has 0 saturated heterocycles. The summed E-state index contributed by atoms with van der Waals surface area (Å²) < 4.78 is 0. The van der Waals surface area contributed by atoms with Crippen molar-refractivity contribution in [2.24, 2.45) is 11.5 Å². The van der Waals surface area contributed by atoms with Crippen molar-refractivity contribution in [2.75, 3.05) is 0 Å². The maximum Gasteiger partial charge on any atom is 0.0192 e. The Kier molecular flexibility index (Phi) is 6.20. The third-order valence-electron chi connectivity index (χ3n) is 3.37. The summed E-state index contributed by atoms with van der Waals surface area (Å²) in [6.45, 7) is 0. The van der Waals surface area contributed by atoms with Crippen LogP contribution in [0.3, 0.4) is 0 Å². The van der Waals surface area contributed by atoms with Crippen LogP contribution in [0.1, 0.15) is 64.2 Å². The molecule has 0 bridgehead atoms. The first kappa shape index (κ1) is 12.0. The Bertz CT molecular complexity index is 120. The second-order valence-corrected chi connectivity index (χ2v) is 4.73. The van der Waals surface area contributed by atoms with Crippen LogP contribution in [0.4, 0.5) is 0 Å². The quantitative estimate of drug-likeness (QED) is 0.628. The van der Waals surface area contributed by atoms with Crippen LogP contribution in [-0.2, 0) is 0 Å². The summed E-state index contributed by atoms with van der Waals surface area (Å²) in [6, 6.07) is 0.490. The zero-order valence-corrected chi connectivity index (χ0v) is 9.38. The summed E-state index contributed by atoms with van der Waals surface area (Å²) >= 11 is 0. The summed E-state index contributed by atoms with van der Waals surface area (Å²) in [4.78, 5) is 0. The standard InChI is InChI=1S/C12H26N2/c13-11-9-7-5-3-1-2-4-6-8-10-12(11)14/h11-12H,1-10,13-14H2/t11-,12-/m1/s1. The zero-order valence-electron chi connectivity index (χ0n) is 9.38. The van der Waals surface area contributed by atoms with Crippen LogP contribution in [0, 0.1) is 0 Å². The van der Waals surface area contributed by atoms with Gasteiger partial charge in [0.15, 0.2) is 0 Å². The van der Waals surface area contributed by atoms with E-state index in [1.807, 2.05) is 0 Å². The van der Waals surface area contributed by atoms with Gasteiger partial charge >= 0.3 is 0 Å². The van der Waals surface area contributed by atoms with Crippen molar-refractivity contribution in [1.29, 1.82) is 0 Å². The fourth-order valence-electron chi connectivity index (χ4n) is 2.25.